The fourth-order valence-corrected chi connectivity index (χ4v) is 4.31. The highest BCUT2D eigenvalue weighted by atomic mass is 32.2. The summed E-state index contributed by atoms with van der Waals surface area (Å²) in [5.74, 6) is 0.366. The lowest BCUT2D eigenvalue weighted by atomic mass is 10.0. The van der Waals surface area contributed by atoms with Crippen LogP contribution in [0.25, 0.3) is 0 Å². The van der Waals surface area contributed by atoms with Gasteiger partial charge in [-0.1, -0.05) is 36.0 Å². The molecule has 1 aromatic carbocycles. The Labute approximate surface area is 170 Å². The molecule has 2 amide bonds. The minimum atomic E-state index is -0.179. The predicted molar refractivity (Wildman–Crippen MR) is 108 cm³/mol. The van der Waals surface area contributed by atoms with Gasteiger partial charge in [-0.2, -0.15) is 0 Å². The highest BCUT2D eigenvalue weighted by Gasteiger charge is 2.22. The van der Waals surface area contributed by atoms with Crippen molar-refractivity contribution in [1.82, 2.24) is 15.5 Å². The zero-order chi connectivity index (χ0) is 19.3. The molecule has 7 nitrogen and oxygen atoms in total. The molecular formula is C19H18N4O3S2. The number of nitrogens with one attached hydrogen (secondary N) is 1. The Bertz CT molecular complexity index is 971. The monoisotopic (exact) mass is 414 g/mol. The lowest BCUT2D eigenvalue weighted by molar-refractivity contribution is -0.116. The van der Waals surface area contributed by atoms with Gasteiger partial charge in [-0.15, -0.1) is 21.5 Å². The molecule has 0 saturated carbocycles. The number of fused-ring (bicyclic) bond motifs is 1. The van der Waals surface area contributed by atoms with Gasteiger partial charge in [0, 0.05) is 12.2 Å². The number of thioether (sulfide) groups is 1. The number of aromatic nitrogens is 2. The summed E-state index contributed by atoms with van der Waals surface area (Å²) < 4.78 is 5.52. The normalized spacial score (nSPS) is 13.2. The Balaban J connectivity index is 1.30. The van der Waals surface area contributed by atoms with Gasteiger partial charge in [0.2, 0.25) is 11.8 Å². The molecule has 9 heteroatoms. The van der Waals surface area contributed by atoms with Crippen LogP contribution in [-0.2, 0) is 17.8 Å². The van der Waals surface area contributed by atoms with Crippen molar-refractivity contribution < 1.29 is 14.0 Å². The second-order valence-electron chi connectivity index (χ2n) is 6.19. The van der Waals surface area contributed by atoms with Gasteiger partial charge in [-0.05, 0) is 35.9 Å². The molecule has 0 fully saturated rings. The van der Waals surface area contributed by atoms with E-state index in [1.165, 1.54) is 28.7 Å². The number of carbonyl (C=O) groups is 2. The van der Waals surface area contributed by atoms with E-state index in [0.717, 1.165) is 25.1 Å². The van der Waals surface area contributed by atoms with Gasteiger partial charge in [0.25, 0.3) is 11.1 Å². The third-order valence-corrected chi connectivity index (χ3v) is 6.00. The summed E-state index contributed by atoms with van der Waals surface area (Å²) in [5.41, 5.74) is 2.19. The minimum Gasteiger partial charge on any atom is -0.414 e. The van der Waals surface area contributed by atoms with Crippen molar-refractivity contribution in [1.29, 1.82) is 0 Å². The Morgan fingerprint density at radius 3 is 2.96 bits per heavy atom. The third kappa shape index (κ3) is 4.26. The van der Waals surface area contributed by atoms with Crippen LogP contribution in [0.3, 0.4) is 0 Å². The fourth-order valence-electron chi connectivity index (χ4n) is 3.01. The number of para-hydroxylation sites is 1. The van der Waals surface area contributed by atoms with Crippen LogP contribution >= 0.6 is 23.1 Å². The van der Waals surface area contributed by atoms with Gasteiger partial charge < -0.3 is 14.6 Å². The average molecular weight is 415 g/mol. The molecule has 4 rings (SSSR count). The van der Waals surface area contributed by atoms with Gasteiger partial charge in [0.1, 0.15) is 0 Å². The first-order valence-electron chi connectivity index (χ1n) is 8.86. The predicted octanol–water partition coefficient (Wildman–Crippen LogP) is 3.13. The molecule has 0 radical (unpaired) electrons. The summed E-state index contributed by atoms with van der Waals surface area (Å²) in [6, 6.07) is 11.6. The van der Waals surface area contributed by atoms with E-state index in [4.69, 9.17) is 4.42 Å². The molecule has 3 aromatic rings. The van der Waals surface area contributed by atoms with E-state index >= 15 is 0 Å². The van der Waals surface area contributed by atoms with Crippen LogP contribution in [-0.4, -0.2) is 34.3 Å². The quantitative estimate of drug-likeness (QED) is 0.624. The van der Waals surface area contributed by atoms with Crippen molar-refractivity contribution in [2.45, 2.75) is 24.6 Å². The van der Waals surface area contributed by atoms with E-state index in [1.807, 2.05) is 34.5 Å². The summed E-state index contributed by atoms with van der Waals surface area (Å²) in [7, 11) is 0. The summed E-state index contributed by atoms with van der Waals surface area (Å²) >= 11 is 2.57. The lowest BCUT2D eigenvalue weighted by Crippen LogP contribution is -2.36. The van der Waals surface area contributed by atoms with Gasteiger partial charge >= 0.3 is 0 Å². The first kappa shape index (κ1) is 18.7. The minimum absolute atomic E-state index is 0.0166. The molecule has 0 bridgehead atoms. The van der Waals surface area contributed by atoms with Crippen LogP contribution < -0.4 is 10.2 Å². The number of anilines is 1. The van der Waals surface area contributed by atoms with E-state index in [2.05, 4.69) is 21.6 Å². The van der Waals surface area contributed by atoms with E-state index in [-0.39, 0.29) is 24.1 Å². The van der Waals surface area contributed by atoms with Crippen LogP contribution in [0, 0.1) is 0 Å². The smallest absolute Gasteiger partial charge is 0.277 e. The number of nitrogens with zero attached hydrogens (tertiary/aromatic N) is 3. The molecule has 2 aromatic heterocycles. The van der Waals surface area contributed by atoms with Crippen molar-refractivity contribution in [2.75, 3.05) is 17.2 Å². The van der Waals surface area contributed by atoms with Crippen LogP contribution in [0.15, 0.2) is 51.4 Å². The maximum atomic E-state index is 12.6. The SMILES string of the molecule is O=C(NCc1nnc(SCC(=O)N2CCCc3ccccc32)o1)c1cccs1. The first-order chi connectivity index (χ1) is 13.7. The molecule has 0 spiro atoms. The maximum absolute atomic E-state index is 12.6. The number of benzene rings is 1. The van der Waals surface area contributed by atoms with Crippen molar-refractivity contribution in [3.05, 3.63) is 58.1 Å². The fraction of sp³-hybridized carbons (Fsp3) is 0.263. The second-order valence-corrected chi connectivity index (χ2v) is 8.06. The number of rotatable bonds is 6. The summed E-state index contributed by atoms with van der Waals surface area (Å²) in [6.07, 6.45) is 1.96. The van der Waals surface area contributed by atoms with Crippen LogP contribution in [0.1, 0.15) is 27.5 Å². The van der Waals surface area contributed by atoms with Gasteiger partial charge in [0.05, 0.1) is 17.2 Å². The summed E-state index contributed by atoms with van der Waals surface area (Å²) in [5, 5.41) is 12.8. The number of carbonyl (C=O) groups excluding carboxylic acids is 2. The molecule has 0 saturated heterocycles. The Morgan fingerprint density at radius 1 is 1.21 bits per heavy atom. The zero-order valence-corrected chi connectivity index (χ0v) is 16.6. The van der Waals surface area contributed by atoms with Crippen molar-refractivity contribution in [3.63, 3.8) is 0 Å². The summed E-state index contributed by atoms with van der Waals surface area (Å²) in [6.45, 7) is 0.873. The molecular weight excluding hydrogens is 396 g/mol. The number of aryl methyl sites for hydroxylation is 1. The van der Waals surface area contributed by atoms with Crippen molar-refractivity contribution >= 4 is 40.6 Å². The molecule has 28 heavy (non-hydrogen) atoms. The zero-order valence-electron chi connectivity index (χ0n) is 15.0. The molecule has 1 N–H and O–H groups in total. The van der Waals surface area contributed by atoms with Crippen molar-refractivity contribution in [3.8, 4) is 0 Å². The first-order valence-corrected chi connectivity index (χ1v) is 10.7. The lowest BCUT2D eigenvalue weighted by Gasteiger charge is -2.29. The Hall–Kier alpha value is -2.65. The van der Waals surface area contributed by atoms with E-state index < -0.39 is 0 Å². The largest absolute Gasteiger partial charge is 0.414 e. The third-order valence-electron chi connectivity index (χ3n) is 4.32. The molecule has 0 atom stereocenters. The highest BCUT2D eigenvalue weighted by molar-refractivity contribution is 7.99. The Kier molecular flexibility index (Phi) is 5.73. The summed E-state index contributed by atoms with van der Waals surface area (Å²) in [4.78, 5) is 27.0. The second kappa shape index (κ2) is 8.57. The number of hydrogen-bond donors (Lipinski definition) is 1. The van der Waals surface area contributed by atoms with Gasteiger partial charge in [0.15, 0.2) is 0 Å². The molecule has 0 unspecified atom stereocenters. The van der Waals surface area contributed by atoms with Gasteiger partial charge in [-0.3, -0.25) is 9.59 Å². The topological polar surface area (TPSA) is 88.3 Å². The van der Waals surface area contributed by atoms with E-state index in [9.17, 15) is 9.59 Å². The van der Waals surface area contributed by atoms with Crippen LogP contribution in [0.2, 0.25) is 0 Å². The molecule has 0 aliphatic carbocycles. The standard InChI is InChI=1S/C19H18N4O3S2/c24-17(23-9-3-6-13-5-1-2-7-14(13)23)12-28-19-22-21-16(26-19)11-20-18(25)15-8-4-10-27-15/h1-2,4-5,7-8,10H,3,6,9,11-12H2,(H,20,25). The molecule has 144 valence electrons. The van der Waals surface area contributed by atoms with Gasteiger partial charge in [-0.25, -0.2) is 0 Å². The van der Waals surface area contributed by atoms with Crippen molar-refractivity contribution in [2.24, 2.45) is 0 Å². The highest BCUT2D eigenvalue weighted by Crippen LogP contribution is 2.28. The number of amides is 2. The average Bonchev–Trinajstić information content (AvgIpc) is 3.42. The van der Waals surface area contributed by atoms with Crippen LogP contribution in [0.5, 0.6) is 0 Å². The maximum Gasteiger partial charge on any atom is 0.277 e. The number of hydrogen-bond acceptors (Lipinski definition) is 7. The molecule has 1 aliphatic heterocycles. The number of thiophene rings is 1. The van der Waals surface area contributed by atoms with E-state index in [0.29, 0.717) is 16.0 Å². The van der Waals surface area contributed by atoms with Crippen LogP contribution in [0.4, 0.5) is 5.69 Å². The molecule has 3 heterocycles. The molecule has 1 aliphatic rings. The van der Waals surface area contributed by atoms with E-state index in [1.54, 1.807) is 6.07 Å². The Morgan fingerprint density at radius 2 is 2.11 bits per heavy atom.